The molecule has 0 bridgehead atoms. The van der Waals surface area contributed by atoms with E-state index in [9.17, 15) is 9.59 Å². The van der Waals surface area contributed by atoms with Crippen molar-refractivity contribution in [3.05, 3.63) is 34.7 Å². The van der Waals surface area contributed by atoms with E-state index in [0.29, 0.717) is 29.2 Å². The van der Waals surface area contributed by atoms with Crippen LogP contribution in [0.15, 0.2) is 29.2 Å². The highest BCUT2D eigenvalue weighted by Gasteiger charge is 2.18. The second-order valence-electron chi connectivity index (χ2n) is 8.34. The third-order valence-electron chi connectivity index (χ3n) is 6.31. The molecule has 1 saturated heterocycles. The van der Waals surface area contributed by atoms with Gasteiger partial charge in [0.15, 0.2) is 0 Å². The number of methoxy groups -OCH3 is 1. The summed E-state index contributed by atoms with van der Waals surface area (Å²) in [6.45, 7) is 3.23. The third kappa shape index (κ3) is 4.49. The first kappa shape index (κ1) is 22.3. The Bertz CT molecular complexity index is 1160. The van der Waals surface area contributed by atoms with Crippen molar-refractivity contribution in [3.63, 3.8) is 0 Å². The second-order valence-corrected chi connectivity index (χ2v) is 8.34. The van der Waals surface area contributed by atoms with Crippen molar-refractivity contribution >= 4 is 27.7 Å². The standard InChI is InChI=1S/C23H31N5O4/c1-26(16-7-11-32-12-8-16)10-4-9-24-21(29)15-28-22-18-13-17(31-3)5-6-20(18)27(2)23(30)19(22)14-25-28/h5-6,13-14,16H,4,7-12,15H2,1-3H3,(H,24,29). The van der Waals surface area contributed by atoms with Gasteiger partial charge in [-0.3, -0.25) is 14.3 Å². The number of pyridine rings is 1. The minimum atomic E-state index is -0.138. The number of aromatic nitrogens is 3. The van der Waals surface area contributed by atoms with Crippen LogP contribution in [0.3, 0.4) is 0 Å². The number of aryl methyl sites for hydroxylation is 1. The normalized spacial score (nSPS) is 15.0. The number of carbonyl (C=O) groups is 1. The molecule has 1 aliphatic rings. The average Bonchev–Trinajstić information content (AvgIpc) is 3.24. The van der Waals surface area contributed by atoms with Gasteiger partial charge in [0.05, 0.1) is 29.7 Å². The number of nitrogens with one attached hydrogen (secondary N) is 1. The molecule has 1 N–H and O–H groups in total. The largest absolute Gasteiger partial charge is 0.497 e. The zero-order valence-corrected chi connectivity index (χ0v) is 19.0. The van der Waals surface area contributed by atoms with Gasteiger partial charge in [-0.15, -0.1) is 0 Å². The molecule has 0 spiro atoms. The Morgan fingerprint density at radius 3 is 2.84 bits per heavy atom. The molecule has 3 aromatic rings. The van der Waals surface area contributed by atoms with Crippen LogP contribution in [0.25, 0.3) is 21.8 Å². The molecule has 3 heterocycles. The maximum absolute atomic E-state index is 12.8. The Labute approximate surface area is 186 Å². The molecule has 2 aromatic heterocycles. The van der Waals surface area contributed by atoms with Crippen molar-refractivity contribution in [1.82, 2.24) is 24.6 Å². The van der Waals surface area contributed by atoms with Crippen LogP contribution < -0.4 is 15.6 Å². The summed E-state index contributed by atoms with van der Waals surface area (Å²) in [6.07, 6.45) is 4.54. The van der Waals surface area contributed by atoms with E-state index in [2.05, 4.69) is 22.4 Å². The Balaban J connectivity index is 1.43. The summed E-state index contributed by atoms with van der Waals surface area (Å²) in [5.41, 5.74) is 1.28. The van der Waals surface area contributed by atoms with Gasteiger partial charge in [0.1, 0.15) is 12.3 Å². The topological polar surface area (TPSA) is 90.6 Å². The third-order valence-corrected chi connectivity index (χ3v) is 6.31. The van der Waals surface area contributed by atoms with Crippen LogP contribution in [-0.2, 0) is 23.1 Å². The van der Waals surface area contributed by atoms with Crippen molar-refractivity contribution in [2.24, 2.45) is 7.05 Å². The Morgan fingerprint density at radius 2 is 2.09 bits per heavy atom. The summed E-state index contributed by atoms with van der Waals surface area (Å²) in [5, 5.41) is 8.63. The number of rotatable bonds is 8. The second kappa shape index (κ2) is 9.70. The monoisotopic (exact) mass is 441 g/mol. The first-order chi connectivity index (χ1) is 15.5. The number of amides is 1. The van der Waals surface area contributed by atoms with Gasteiger partial charge in [-0.1, -0.05) is 0 Å². The summed E-state index contributed by atoms with van der Waals surface area (Å²) >= 11 is 0. The summed E-state index contributed by atoms with van der Waals surface area (Å²) in [4.78, 5) is 27.7. The predicted molar refractivity (Wildman–Crippen MR) is 123 cm³/mol. The lowest BCUT2D eigenvalue weighted by Crippen LogP contribution is -2.38. The lowest BCUT2D eigenvalue weighted by molar-refractivity contribution is -0.121. The molecule has 1 aromatic carbocycles. The van der Waals surface area contributed by atoms with Crippen LogP contribution in [0.4, 0.5) is 0 Å². The van der Waals surface area contributed by atoms with Crippen LogP contribution in [0, 0.1) is 0 Å². The number of carbonyl (C=O) groups excluding carboxylic acids is 1. The highest BCUT2D eigenvalue weighted by Crippen LogP contribution is 2.26. The van der Waals surface area contributed by atoms with E-state index in [1.54, 1.807) is 23.4 Å². The van der Waals surface area contributed by atoms with Gasteiger partial charge in [-0.25, -0.2) is 0 Å². The van der Waals surface area contributed by atoms with E-state index < -0.39 is 0 Å². The summed E-state index contributed by atoms with van der Waals surface area (Å²) in [5.74, 6) is 0.559. The number of fused-ring (bicyclic) bond motifs is 3. The highest BCUT2D eigenvalue weighted by atomic mass is 16.5. The number of benzene rings is 1. The molecule has 172 valence electrons. The molecule has 0 unspecified atom stereocenters. The Hall–Kier alpha value is -2.91. The van der Waals surface area contributed by atoms with Crippen molar-refractivity contribution in [2.75, 3.05) is 40.5 Å². The lowest BCUT2D eigenvalue weighted by Gasteiger charge is -2.31. The molecule has 0 radical (unpaired) electrons. The van der Waals surface area contributed by atoms with E-state index in [-0.39, 0.29) is 18.0 Å². The fourth-order valence-corrected chi connectivity index (χ4v) is 4.42. The van der Waals surface area contributed by atoms with Gasteiger partial charge in [0.2, 0.25) is 5.91 Å². The zero-order chi connectivity index (χ0) is 22.7. The molecular weight excluding hydrogens is 410 g/mol. The molecule has 0 atom stereocenters. The van der Waals surface area contributed by atoms with Crippen molar-refractivity contribution in [1.29, 1.82) is 0 Å². The van der Waals surface area contributed by atoms with Gasteiger partial charge < -0.3 is 24.3 Å². The van der Waals surface area contributed by atoms with Crippen molar-refractivity contribution in [2.45, 2.75) is 31.8 Å². The summed E-state index contributed by atoms with van der Waals surface area (Å²) in [6, 6.07) is 6.10. The molecule has 0 saturated carbocycles. The SMILES string of the molecule is COc1ccc2c(c1)c1c(cnn1CC(=O)NCCCN(C)C1CCOCC1)c(=O)n2C. The summed E-state index contributed by atoms with van der Waals surface area (Å²) < 4.78 is 14.0. The van der Waals surface area contributed by atoms with Gasteiger partial charge in [-0.2, -0.15) is 5.10 Å². The van der Waals surface area contributed by atoms with Crippen molar-refractivity contribution < 1.29 is 14.3 Å². The predicted octanol–water partition coefficient (Wildman–Crippen LogP) is 1.51. The van der Waals surface area contributed by atoms with E-state index in [1.807, 2.05) is 18.2 Å². The van der Waals surface area contributed by atoms with E-state index >= 15 is 0 Å². The fraction of sp³-hybridized carbons (Fsp3) is 0.522. The molecule has 1 amide bonds. The van der Waals surface area contributed by atoms with Crippen LogP contribution >= 0.6 is 0 Å². The van der Waals surface area contributed by atoms with E-state index in [4.69, 9.17) is 9.47 Å². The zero-order valence-electron chi connectivity index (χ0n) is 19.0. The van der Waals surface area contributed by atoms with Gasteiger partial charge in [-0.05, 0) is 51.1 Å². The molecular formula is C23H31N5O4. The van der Waals surface area contributed by atoms with Crippen molar-refractivity contribution in [3.8, 4) is 5.75 Å². The Morgan fingerprint density at radius 1 is 1.31 bits per heavy atom. The van der Waals surface area contributed by atoms with Crippen LogP contribution in [-0.4, -0.2) is 71.7 Å². The number of ether oxygens (including phenoxy) is 2. The molecule has 1 fully saturated rings. The first-order valence-corrected chi connectivity index (χ1v) is 11.1. The van der Waals surface area contributed by atoms with Gasteiger partial charge in [0.25, 0.3) is 5.56 Å². The molecule has 32 heavy (non-hydrogen) atoms. The Kier molecular flexibility index (Phi) is 6.76. The quantitative estimate of drug-likeness (QED) is 0.533. The summed E-state index contributed by atoms with van der Waals surface area (Å²) in [7, 11) is 5.47. The minimum absolute atomic E-state index is 0.0543. The van der Waals surface area contributed by atoms with Gasteiger partial charge >= 0.3 is 0 Å². The molecule has 1 aliphatic heterocycles. The number of nitrogens with zero attached hydrogens (tertiary/aromatic N) is 4. The van der Waals surface area contributed by atoms with Crippen LogP contribution in [0.2, 0.25) is 0 Å². The van der Waals surface area contributed by atoms with Crippen LogP contribution in [0.1, 0.15) is 19.3 Å². The maximum atomic E-state index is 12.8. The molecule has 0 aliphatic carbocycles. The lowest BCUT2D eigenvalue weighted by atomic mass is 10.1. The molecule has 4 rings (SSSR count). The van der Waals surface area contributed by atoms with E-state index in [1.165, 1.54) is 6.20 Å². The first-order valence-electron chi connectivity index (χ1n) is 11.1. The van der Waals surface area contributed by atoms with E-state index in [0.717, 1.165) is 49.9 Å². The molecule has 9 heteroatoms. The number of hydrogen-bond acceptors (Lipinski definition) is 6. The molecule has 9 nitrogen and oxygen atoms in total. The van der Waals surface area contributed by atoms with Gasteiger partial charge in [0, 0.05) is 38.2 Å². The smallest absolute Gasteiger partial charge is 0.261 e. The highest BCUT2D eigenvalue weighted by molar-refractivity contribution is 6.04. The van der Waals surface area contributed by atoms with Crippen LogP contribution in [0.5, 0.6) is 5.75 Å². The maximum Gasteiger partial charge on any atom is 0.261 e. The number of hydrogen-bond donors (Lipinski definition) is 1. The minimum Gasteiger partial charge on any atom is -0.497 e. The average molecular weight is 442 g/mol. The fourth-order valence-electron chi connectivity index (χ4n) is 4.42.